The molecule has 18 heavy (non-hydrogen) atoms. The second-order valence-electron chi connectivity index (χ2n) is 3.63. The van der Waals surface area contributed by atoms with E-state index < -0.39 is 34.9 Å². The molecule has 0 aliphatic rings. The summed E-state index contributed by atoms with van der Waals surface area (Å²) in [5, 5.41) is 8.80. The summed E-state index contributed by atoms with van der Waals surface area (Å²) in [7, 11) is 1.16. The Labute approximate surface area is 102 Å². The number of carboxylic acids is 1. The molecule has 0 heterocycles. The van der Waals surface area contributed by atoms with Gasteiger partial charge in [0.05, 0.1) is 12.7 Å². The van der Waals surface area contributed by atoms with Crippen molar-refractivity contribution >= 4 is 11.8 Å². The molecule has 0 aliphatic heterocycles. The van der Waals surface area contributed by atoms with Crippen molar-refractivity contribution in [2.24, 2.45) is 5.92 Å². The Morgan fingerprint density at radius 3 is 2.39 bits per heavy atom. The van der Waals surface area contributed by atoms with E-state index in [4.69, 9.17) is 5.11 Å². The zero-order chi connectivity index (χ0) is 13.9. The number of methoxy groups -OCH3 is 1. The molecule has 1 aromatic rings. The third-order valence-corrected chi connectivity index (χ3v) is 2.53. The summed E-state index contributed by atoms with van der Waals surface area (Å²) in [4.78, 5) is 22.6. The Kier molecular flexibility index (Phi) is 4.36. The number of Topliss-reactive ketones (excluding diaryl/α,β-unsaturated/α-hetero) is 1. The van der Waals surface area contributed by atoms with Gasteiger partial charge in [-0.3, -0.25) is 9.59 Å². The molecule has 1 N–H and O–H groups in total. The van der Waals surface area contributed by atoms with Gasteiger partial charge in [0.25, 0.3) is 0 Å². The molecule has 1 rings (SSSR count). The first-order chi connectivity index (χ1) is 8.42. The van der Waals surface area contributed by atoms with Crippen LogP contribution in [0.15, 0.2) is 12.1 Å². The minimum Gasteiger partial charge on any atom is -0.494 e. The van der Waals surface area contributed by atoms with Crippen molar-refractivity contribution in [3.63, 3.8) is 0 Å². The first kappa shape index (κ1) is 14.1. The van der Waals surface area contributed by atoms with Crippen LogP contribution in [0.1, 0.15) is 23.7 Å². The molecule has 0 radical (unpaired) electrons. The standard InChI is InChI=1S/C12H12F2O4/c1-3-6(12(16)17)11(15)7-4-9(14)10(18-2)5-8(7)13/h4-6H,3H2,1-2H3,(H,16,17). The van der Waals surface area contributed by atoms with Crippen LogP contribution in [0.4, 0.5) is 8.78 Å². The predicted octanol–water partition coefficient (Wildman–Crippen LogP) is 2.27. The average Bonchev–Trinajstić information content (AvgIpc) is 2.31. The predicted molar refractivity (Wildman–Crippen MR) is 58.7 cm³/mol. The molecule has 0 fully saturated rings. The highest BCUT2D eigenvalue weighted by Crippen LogP contribution is 2.24. The monoisotopic (exact) mass is 258 g/mol. The average molecular weight is 258 g/mol. The topological polar surface area (TPSA) is 63.6 Å². The normalized spacial score (nSPS) is 12.0. The molecule has 4 nitrogen and oxygen atoms in total. The van der Waals surface area contributed by atoms with Gasteiger partial charge in [0.1, 0.15) is 11.7 Å². The van der Waals surface area contributed by atoms with E-state index in [1.54, 1.807) is 0 Å². The third kappa shape index (κ3) is 2.64. The number of carboxylic acid groups (broad SMARTS) is 1. The first-order valence-corrected chi connectivity index (χ1v) is 5.22. The van der Waals surface area contributed by atoms with Gasteiger partial charge in [0.2, 0.25) is 0 Å². The van der Waals surface area contributed by atoms with Crippen LogP contribution >= 0.6 is 0 Å². The van der Waals surface area contributed by atoms with Gasteiger partial charge in [-0.1, -0.05) is 6.92 Å². The van der Waals surface area contributed by atoms with Crippen molar-refractivity contribution < 1.29 is 28.2 Å². The van der Waals surface area contributed by atoms with E-state index in [0.29, 0.717) is 6.07 Å². The number of carbonyl (C=O) groups is 2. The summed E-state index contributed by atoms with van der Waals surface area (Å²) in [5.41, 5.74) is -0.581. The molecule has 0 bridgehead atoms. The van der Waals surface area contributed by atoms with Crippen molar-refractivity contribution in [3.8, 4) is 5.75 Å². The highest BCUT2D eigenvalue weighted by molar-refractivity contribution is 6.08. The molecule has 6 heteroatoms. The first-order valence-electron chi connectivity index (χ1n) is 5.22. The number of ketones is 1. The Bertz CT molecular complexity index is 485. The Morgan fingerprint density at radius 1 is 1.33 bits per heavy atom. The van der Waals surface area contributed by atoms with Crippen LogP contribution in [0.2, 0.25) is 0 Å². The van der Waals surface area contributed by atoms with E-state index in [-0.39, 0.29) is 12.2 Å². The summed E-state index contributed by atoms with van der Waals surface area (Å²) in [6.07, 6.45) is 0.00124. The SMILES string of the molecule is CCC(C(=O)O)C(=O)c1cc(F)c(OC)cc1F. The second kappa shape index (κ2) is 5.57. The molecule has 0 aromatic heterocycles. The second-order valence-corrected chi connectivity index (χ2v) is 3.63. The smallest absolute Gasteiger partial charge is 0.314 e. The Hall–Kier alpha value is -1.98. The van der Waals surface area contributed by atoms with E-state index in [1.165, 1.54) is 6.92 Å². The van der Waals surface area contributed by atoms with E-state index in [1.807, 2.05) is 0 Å². The molecule has 98 valence electrons. The maximum Gasteiger partial charge on any atom is 0.314 e. The van der Waals surface area contributed by atoms with Crippen molar-refractivity contribution in [2.45, 2.75) is 13.3 Å². The van der Waals surface area contributed by atoms with E-state index >= 15 is 0 Å². The number of rotatable bonds is 5. The highest BCUT2D eigenvalue weighted by Gasteiger charge is 2.28. The van der Waals surface area contributed by atoms with Crippen molar-refractivity contribution in [1.29, 1.82) is 0 Å². The van der Waals surface area contributed by atoms with Gasteiger partial charge in [-0.05, 0) is 12.5 Å². The van der Waals surface area contributed by atoms with Crippen LogP contribution in [0.5, 0.6) is 5.75 Å². The summed E-state index contributed by atoms with van der Waals surface area (Å²) < 4.78 is 31.5. The molecular formula is C12H12F2O4. The summed E-state index contributed by atoms with van der Waals surface area (Å²) in [6.45, 7) is 1.48. The Balaban J connectivity index is 3.21. The van der Waals surface area contributed by atoms with Crippen LogP contribution in [-0.4, -0.2) is 24.0 Å². The number of hydrogen-bond acceptors (Lipinski definition) is 3. The van der Waals surface area contributed by atoms with Crippen molar-refractivity contribution in [3.05, 3.63) is 29.3 Å². The fourth-order valence-electron chi connectivity index (χ4n) is 1.53. The van der Waals surface area contributed by atoms with Gasteiger partial charge >= 0.3 is 5.97 Å². The molecule has 0 amide bonds. The quantitative estimate of drug-likeness (QED) is 0.650. The fraction of sp³-hybridized carbons (Fsp3) is 0.333. The van der Waals surface area contributed by atoms with E-state index in [2.05, 4.69) is 4.74 Å². The molecule has 1 atom stereocenters. The largest absolute Gasteiger partial charge is 0.494 e. The van der Waals surface area contributed by atoms with Gasteiger partial charge in [-0.2, -0.15) is 0 Å². The van der Waals surface area contributed by atoms with Crippen LogP contribution < -0.4 is 4.74 Å². The lowest BCUT2D eigenvalue weighted by Crippen LogP contribution is -2.24. The number of carbonyl (C=O) groups excluding carboxylic acids is 1. The number of hydrogen-bond donors (Lipinski definition) is 1. The van der Waals surface area contributed by atoms with Gasteiger partial charge in [-0.25, -0.2) is 8.78 Å². The molecular weight excluding hydrogens is 246 g/mol. The van der Waals surface area contributed by atoms with Crippen molar-refractivity contribution in [2.75, 3.05) is 7.11 Å². The van der Waals surface area contributed by atoms with Crippen LogP contribution in [0.3, 0.4) is 0 Å². The van der Waals surface area contributed by atoms with Crippen LogP contribution in [0.25, 0.3) is 0 Å². The minimum atomic E-state index is -1.38. The molecule has 0 spiro atoms. The number of halogens is 2. The summed E-state index contributed by atoms with van der Waals surface area (Å²) in [6, 6.07) is 1.37. The van der Waals surface area contributed by atoms with Gasteiger partial charge in [0.15, 0.2) is 17.3 Å². The highest BCUT2D eigenvalue weighted by atomic mass is 19.1. The molecule has 1 unspecified atom stereocenters. The maximum absolute atomic E-state index is 13.6. The molecule has 1 aromatic carbocycles. The van der Waals surface area contributed by atoms with Crippen LogP contribution in [-0.2, 0) is 4.79 Å². The van der Waals surface area contributed by atoms with Gasteiger partial charge in [-0.15, -0.1) is 0 Å². The molecule has 0 aliphatic carbocycles. The lowest BCUT2D eigenvalue weighted by Gasteiger charge is -2.10. The number of benzene rings is 1. The zero-order valence-corrected chi connectivity index (χ0v) is 9.87. The summed E-state index contributed by atoms with van der Waals surface area (Å²) in [5.74, 6) is -5.96. The lowest BCUT2D eigenvalue weighted by molar-refractivity contribution is -0.140. The van der Waals surface area contributed by atoms with Crippen LogP contribution in [0, 0.1) is 17.6 Å². The fourth-order valence-corrected chi connectivity index (χ4v) is 1.53. The summed E-state index contributed by atoms with van der Waals surface area (Å²) >= 11 is 0. The number of ether oxygens (including phenoxy) is 1. The molecule has 0 saturated heterocycles. The van der Waals surface area contributed by atoms with E-state index in [0.717, 1.165) is 13.2 Å². The number of aliphatic carboxylic acids is 1. The molecule has 0 saturated carbocycles. The maximum atomic E-state index is 13.6. The Morgan fingerprint density at radius 2 is 1.94 bits per heavy atom. The van der Waals surface area contributed by atoms with Gasteiger partial charge < -0.3 is 9.84 Å². The van der Waals surface area contributed by atoms with Crippen molar-refractivity contribution in [1.82, 2.24) is 0 Å². The lowest BCUT2D eigenvalue weighted by atomic mass is 9.95. The third-order valence-electron chi connectivity index (χ3n) is 2.53. The van der Waals surface area contributed by atoms with E-state index in [9.17, 15) is 18.4 Å². The van der Waals surface area contributed by atoms with Gasteiger partial charge in [0, 0.05) is 6.07 Å². The minimum absolute atomic E-state index is 0.00124. The zero-order valence-electron chi connectivity index (χ0n) is 9.87.